The number of nitrogens with zero attached hydrogens (tertiary/aromatic N) is 1. The van der Waals surface area contributed by atoms with Gasteiger partial charge in [0.2, 0.25) is 0 Å². The summed E-state index contributed by atoms with van der Waals surface area (Å²) in [6.45, 7) is 4.26. The predicted molar refractivity (Wildman–Crippen MR) is 47.8 cm³/mol. The van der Waals surface area contributed by atoms with Crippen LogP contribution in [0.1, 0.15) is 16.7 Å². The molecule has 0 fully saturated rings. The molecule has 56 valence electrons. The van der Waals surface area contributed by atoms with Crippen molar-refractivity contribution in [2.75, 3.05) is 0 Å². The van der Waals surface area contributed by atoms with Gasteiger partial charge in [-0.15, -0.1) is 0 Å². The molecule has 0 spiro atoms. The van der Waals surface area contributed by atoms with Crippen LogP contribution in [-0.4, -0.2) is 6.21 Å². The van der Waals surface area contributed by atoms with Crippen molar-refractivity contribution in [3.8, 4) is 0 Å². The van der Waals surface area contributed by atoms with Gasteiger partial charge in [0.25, 0.3) is 0 Å². The Morgan fingerprint density at radius 3 is 2.91 bits per heavy atom. The van der Waals surface area contributed by atoms with E-state index in [2.05, 4.69) is 31.0 Å². The second-order valence-corrected chi connectivity index (χ2v) is 3.03. The lowest BCUT2D eigenvalue weighted by molar-refractivity contribution is 1.28. The first-order chi connectivity index (χ1) is 5.29. The Balaban J connectivity index is 2.70. The minimum absolute atomic E-state index is 1.01. The van der Waals surface area contributed by atoms with Crippen LogP contribution in [0.4, 0.5) is 5.69 Å². The van der Waals surface area contributed by atoms with Crippen LogP contribution in [0.2, 0.25) is 0 Å². The standard InChI is InChI=1S/C10H11N/c1-7-3-4-9-5-6-11-10(9)8(7)2/h3-4,6H,5H2,1-2H3. The van der Waals surface area contributed by atoms with Crippen LogP contribution in [-0.2, 0) is 6.42 Å². The predicted octanol–water partition coefficient (Wildman–Crippen LogP) is 2.56. The quantitative estimate of drug-likeness (QED) is 0.532. The maximum Gasteiger partial charge on any atom is 0.0693 e. The van der Waals surface area contributed by atoms with Crippen molar-refractivity contribution in [1.29, 1.82) is 0 Å². The largest absolute Gasteiger partial charge is 0.260 e. The summed E-state index contributed by atoms with van der Waals surface area (Å²) in [5, 5.41) is 0. The molecule has 0 saturated heterocycles. The molecule has 0 aliphatic carbocycles. The number of hydrogen-bond donors (Lipinski definition) is 0. The van der Waals surface area contributed by atoms with Gasteiger partial charge in [-0.25, -0.2) is 0 Å². The lowest BCUT2D eigenvalue weighted by Gasteiger charge is -2.04. The van der Waals surface area contributed by atoms with Crippen LogP contribution in [0.25, 0.3) is 0 Å². The first-order valence-electron chi connectivity index (χ1n) is 3.90. The maximum absolute atomic E-state index is 4.33. The number of aliphatic imine (C=N–C) groups is 1. The van der Waals surface area contributed by atoms with Crippen LogP contribution in [0.15, 0.2) is 17.1 Å². The molecule has 1 heteroatoms. The fraction of sp³-hybridized carbons (Fsp3) is 0.300. The second kappa shape index (κ2) is 2.19. The van der Waals surface area contributed by atoms with Crippen molar-refractivity contribution in [2.45, 2.75) is 20.3 Å². The Morgan fingerprint density at radius 1 is 1.27 bits per heavy atom. The van der Waals surface area contributed by atoms with Gasteiger partial charge in [0, 0.05) is 12.6 Å². The van der Waals surface area contributed by atoms with Crippen molar-refractivity contribution in [2.24, 2.45) is 4.99 Å². The zero-order valence-electron chi connectivity index (χ0n) is 6.89. The summed E-state index contributed by atoms with van der Waals surface area (Å²) in [5.41, 5.74) is 5.23. The van der Waals surface area contributed by atoms with E-state index in [1.807, 2.05) is 6.21 Å². The molecule has 1 aliphatic heterocycles. The van der Waals surface area contributed by atoms with Gasteiger partial charge in [0.05, 0.1) is 5.69 Å². The van der Waals surface area contributed by atoms with E-state index in [1.54, 1.807) is 0 Å². The second-order valence-electron chi connectivity index (χ2n) is 3.03. The fourth-order valence-electron chi connectivity index (χ4n) is 1.44. The smallest absolute Gasteiger partial charge is 0.0693 e. The van der Waals surface area contributed by atoms with Crippen LogP contribution < -0.4 is 0 Å². The van der Waals surface area contributed by atoms with Crippen LogP contribution in [0, 0.1) is 13.8 Å². The Morgan fingerprint density at radius 2 is 2.09 bits per heavy atom. The Kier molecular flexibility index (Phi) is 1.31. The zero-order chi connectivity index (χ0) is 7.84. The van der Waals surface area contributed by atoms with Gasteiger partial charge in [-0.1, -0.05) is 12.1 Å². The fourth-order valence-corrected chi connectivity index (χ4v) is 1.44. The summed E-state index contributed by atoms with van der Waals surface area (Å²) in [7, 11) is 0. The molecular weight excluding hydrogens is 134 g/mol. The topological polar surface area (TPSA) is 12.4 Å². The van der Waals surface area contributed by atoms with Crippen molar-refractivity contribution in [1.82, 2.24) is 0 Å². The van der Waals surface area contributed by atoms with E-state index in [1.165, 1.54) is 22.4 Å². The van der Waals surface area contributed by atoms with Crippen LogP contribution in [0.5, 0.6) is 0 Å². The van der Waals surface area contributed by atoms with Gasteiger partial charge in [-0.05, 0) is 30.5 Å². The van der Waals surface area contributed by atoms with Gasteiger partial charge in [0.15, 0.2) is 0 Å². The molecule has 0 N–H and O–H groups in total. The number of rotatable bonds is 0. The summed E-state index contributed by atoms with van der Waals surface area (Å²) in [6, 6.07) is 4.34. The Hall–Kier alpha value is -1.11. The molecule has 0 amide bonds. The average Bonchev–Trinajstić information content (AvgIpc) is 2.45. The summed E-state index contributed by atoms with van der Waals surface area (Å²) >= 11 is 0. The average molecular weight is 145 g/mol. The van der Waals surface area contributed by atoms with Gasteiger partial charge in [-0.3, -0.25) is 4.99 Å². The number of benzene rings is 1. The molecule has 11 heavy (non-hydrogen) atoms. The molecule has 1 aliphatic rings. The molecule has 1 aromatic rings. The van der Waals surface area contributed by atoms with Gasteiger partial charge in [-0.2, -0.15) is 0 Å². The lowest BCUT2D eigenvalue weighted by atomic mass is 10.0. The molecule has 1 nitrogen and oxygen atoms in total. The number of hydrogen-bond acceptors (Lipinski definition) is 1. The van der Waals surface area contributed by atoms with Gasteiger partial charge < -0.3 is 0 Å². The van der Waals surface area contributed by atoms with Gasteiger partial charge >= 0.3 is 0 Å². The minimum atomic E-state index is 1.01. The normalized spacial score (nSPS) is 13.6. The Labute approximate surface area is 66.8 Å². The van der Waals surface area contributed by atoms with E-state index in [9.17, 15) is 0 Å². The SMILES string of the molecule is Cc1ccc2c(c1C)N=CC2. The third-order valence-corrected chi connectivity index (χ3v) is 2.32. The highest BCUT2D eigenvalue weighted by molar-refractivity contribution is 5.77. The van der Waals surface area contributed by atoms with E-state index >= 15 is 0 Å². The molecule has 0 saturated carbocycles. The summed E-state index contributed by atoms with van der Waals surface area (Å²) in [6.07, 6.45) is 2.99. The van der Waals surface area contributed by atoms with Crippen LogP contribution in [0.3, 0.4) is 0 Å². The summed E-state index contributed by atoms with van der Waals surface area (Å²) in [5.74, 6) is 0. The third-order valence-electron chi connectivity index (χ3n) is 2.32. The van der Waals surface area contributed by atoms with Crippen molar-refractivity contribution in [3.05, 3.63) is 28.8 Å². The highest BCUT2D eigenvalue weighted by Gasteiger charge is 2.09. The van der Waals surface area contributed by atoms with Crippen molar-refractivity contribution >= 4 is 11.9 Å². The molecule has 0 unspecified atom stereocenters. The molecule has 0 radical (unpaired) electrons. The number of fused-ring (bicyclic) bond motifs is 1. The van der Waals surface area contributed by atoms with Crippen molar-refractivity contribution in [3.63, 3.8) is 0 Å². The molecule has 0 aromatic heterocycles. The molecule has 0 atom stereocenters. The Bertz CT molecular complexity index is 324. The molecule has 2 rings (SSSR count). The highest BCUT2D eigenvalue weighted by Crippen LogP contribution is 2.29. The van der Waals surface area contributed by atoms with E-state index in [0.29, 0.717) is 0 Å². The molecule has 1 aromatic carbocycles. The highest BCUT2D eigenvalue weighted by atomic mass is 14.8. The molecule has 1 heterocycles. The van der Waals surface area contributed by atoms with E-state index in [0.717, 1.165) is 6.42 Å². The molecular formula is C10H11N. The van der Waals surface area contributed by atoms with E-state index in [4.69, 9.17) is 0 Å². The van der Waals surface area contributed by atoms with E-state index < -0.39 is 0 Å². The van der Waals surface area contributed by atoms with Gasteiger partial charge in [0.1, 0.15) is 0 Å². The summed E-state index contributed by atoms with van der Waals surface area (Å²) in [4.78, 5) is 4.33. The monoisotopic (exact) mass is 145 g/mol. The third kappa shape index (κ3) is 0.881. The molecule has 0 bridgehead atoms. The van der Waals surface area contributed by atoms with E-state index in [-0.39, 0.29) is 0 Å². The maximum atomic E-state index is 4.33. The minimum Gasteiger partial charge on any atom is -0.260 e. The zero-order valence-corrected chi connectivity index (χ0v) is 6.89. The summed E-state index contributed by atoms with van der Waals surface area (Å²) < 4.78 is 0. The first kappa shape index (κ1) is 6.59. The lowest BCUT2D eigenvalue weighted by Crippen LogP contribution is -1.84. The van der Waals surface area contributed by atoms with Crippen molar-refractivity contribution < 1.29 is 0 Å². The van der Waals surface area contributed by atoms with Crippen LogP contribution >= 0.6 is 0 Å². The first-order valence-corrected chi connectivity index (χ1v) is 3.90. The number of aryl methyl sites for hydroxylation is 1.